The summed E-state index contributed by atoms with van der Waals surface area (Å²) in [6, 6.07) is 26.3. The molecule has 0 aliphatic rings. The van der Waals surface area contributed by atoms with Crippen LogP contribution >= 0.6 is 11.8 Å². The average Bonchev–Trinajstić information content (AvgIpc) is 2.80. The molecule has 0 saturated heterocycles. The van der Waals surface area contributed by atoms with Crippen LogP contribution in [0.2, 0.25) is 0 Å². The van der Waals surface area contributed by atoms with Gasteiger partial charge in [0.05, 0.1) is 25.2 Å². The first-order chi connectivity index (χ1) is 14.6. The summed E-state index contributed by atoms with van der Waals surface area (Å²) in [5.74, 6) is 1.79. The van der Waals surface area contributed by atoms with Crippen molar-refractivity contribution in [2.45, 2.75) is 11.8 Å². The minimum atomic E-state index is 0.0711. The number of nitrogens with zero attached hydrogens (tertiary/aromatic N) is 1. The minimum absolute atomic E-state index is 0.0711. The van der Waals surface area contributed by atoms with Crippen molar-refractivity contribution in [1.29, 1.82) is 0 Å². The topological polar surface area (TPSA) is 38.8 Å². The standard InChI is InChI=1S/C25H27NO3S/c1-26(17-21-15-10-16-22(28-2)24(21)29-3)23(27)18-30-25(19-11-6-4-7-12-19)20-13-8-5-9-14-20/h4-16,25H,17-18H2,1-3H3. The fraction of sp³-hybridized carbons (Fsp3) is 0.240. The van der Waals surface area contributed by atoms with E-state index in [9.17, 15) is 4.79 Å². The SMILES string of the molecule is COc1cccc(CN(C)C(=O)CSC(c2ccccc2)c2ccccc2)c1OC. The van der Waals surface area contributed by atoms with Gasteiger partial charge in [-0.3, -0.25) is 4.79 Å². The number of carbonyl (C=O) groups is 1. The van der Waals surface area contributed by atoms with Gasteiger partial charge >= 0.3 is 0 Å². The molecule has 3 aromatic rings. The smallest absolute Gasteiger partial charge is 0.232 e. The van der Waals surface area contributed by atoms with Crippen molar-refractivity contribution in [2.75, 3.05) is 27.0 Å². The van der Waals surface area contributed by atoms with E-state index in [0.29, 0.717) is 23.8 Å². The van der Waals surface area contributed by atoms with Crippen molar-refractivity contribution in [3.8, 4) is 11.5 Å². The molecule has 0 radical (unpaired) electrons. The summed E-state index contributed by atoms with van der Waals surface area (Å²) in [4.78, 5) is 14.6. The van der Waals surface area contributed by atoms with Gasteiger partial charge in [-0.25, -0.2) is 0 Å². The number of thioether (sulfide) groups is 1. The van der Waals surface area contributed by atoms with Gasteiger partial charge in [0.2, 0.25) is 5.91 Å². The molecule has 0 spiro atoms. The van der Waals surface area contributed by atoms with E-state index in [1.54, 1.807) is 30.9 Å². The van der Waals surface area contributed by atoms with Crippen molar-refractivity contribution in [3.05, 3.63) is 95.6 Å². The van der Waals surface area contributed by atoms with Crippen molar-refractivity contribution < 1.29 is 14.3 Å². The first kappa shape index (κ1) is 21.8. The van der Waals surface area contributed by atoms with Gasteiger partial charge in [0.1, 0.15) is 0 Å². The number of carbonyl (C=O) groups excluding carboxylic acids is 1. The van der Waals surface area contributed by atoms with E-state index in [1.165, 1.54) is 11.1 Å². The number of para-hydroxylation sites is 1. The highest BCUT2D eigenvalue weighted by Gasteiger charge is 2.19. The number of ether oxygens (including phenoxy) is 2. The Balaban J connectivity index is 1.70. The zero-order chi connectivity index (χ0) is 21.3. The molecule has 30 heavy (non-hydrogen) atoms. The van der Waals surface area contributed by atoms with E-state index >= 15 is 0 Å². The lowest BCUT2D eigenvalue weighted by atomic mass is 10.0. The lowest BCUT2D eigenvalue weighted by Gasteiger charge is -2.22. The minimum Gasteiger partial charge on any atom is -0.493 e. The van der Waals surface area contributed by atoms with Gasteiger partial charge in [0.15, 0.2) is 11.5 Å². The van der Waals surface area contributed by atoms with Crippen LogP contribution in [-0.4, -0.2) is 37.8 Å². The molecule has 0 saturated carbocycles. The molecule has 3 rings (SSSR count). The highest BCUT2D eigenvalue weighted by Crippen LogP contribution is 2.36. The Labute approximate surface area is 182 Å². The Kier molecular flexibility index (Phi) is 7.80. The normalized spacial score (nSPS) is 10.7. The monoisotopic (exact) mass is 421 g/mol. The maximum atomic E-state index is 12.9. The third-order valence-electron chi connectivity index (χ3n) is 4.90. The lowest BCUT2D eigenvalue weighted by molar-refractivity contribution is -0.127. The van der Waals surface area contributed by atoms with Crippen LogP contribution in [0.5, 0.6) is 11.5 Å². The molecular weight excluding hydrogens is 394 g/mol. The van der Waals surface area contributed by atoms with Gasteiger partial charge in [0.25, 0.3) is 0 Å². The van der Waals surface area contributed by atoms with Crippen LogP contribution in [0.4, 0.5) is 0 Å². The Hall–Kier alpha value is -2.92. The molecular formula is C25H27NO3S. The van der Waals surface area contributed by atoms with E-state index in [4.69, 9.17) is 9.47 Å². The van der Waals surface area contributed by atoms with Crippen LogP contribution in [0.15, 0.2) is 78.9 Å². The molecule has 1 amide bonds. The van der Waals surface area contributed by atoms with Gasteiger partial charge in [0, 0.05) is 19.2 Å². The molecule has 0 unspecified atom stereocenters. The van der Waals surface area contributed by atoms with Gasteiger partial charge < -0.3 is 14.4 Å². The largest absolute Gasteiger partial charge is 0.493 e. The molecule has 0 aromatic heterocycles. The molecule has 0 aliphatic carbocycles. The number of rotatable bonds is 9. The van der Waals surface area contributed by atoms with Crippen LogP contribution < -0.4 is 9.47 Å². The van der Waals surface area contributed by atoms with E-state index < -0.39 is 0 Å². The van der Waals surface area contributed by atoms with Gasteiger partial charge in [-0.15, -0.1) is 11.8 Å². The molecule has 0 heterocycles. The first-order valence-electron chi connectivity index (χ1n) is 9.79. The summed E-state index contributed by atoms with van der Waals surface area (Å²) >= 11 is 1.65. The third-order valence-corrected chi connectivity index (χ3v) is 6.19. The number of hydrogen-bond acceptors (Lipinski definition) is 4. The summed E-state index contributed by atoms with van der Waals surface area (Å²) in [7, 11) is 5.05. The number of benzene rings is 3. The fourth-order valence-corrected chi connectivity index (χ4v) is 4.56. The number of amides is 1. The van der Waals surface area contributed by atoms with Crippen molar-refractivity contribution in [1.82, 2.24) is 4.90 Å². The zero-order valence-corrected chi connectivity index (χ0v) is 18.4. The molecule has 4 nitrogen and oxygen atoms in total. The fourth-order valence-electron chi connectivity index (χ4n) is 3.33. The van der Waals surface area contributed by atoms with E-state index in [0.717, 1.165) is 5.56 Å². The van der Waals surface area contributed by atoms with Crippen LogP contribution in [0.25, 0.3) is 0 Å². The summed E-state index contributed by atoms with van der Waals surface area (Å²) in [5.41, 5.74) is 3.30. The maximum Gasteiger partial charge on any atom is 0.232 e. The van der Waals surface area contributed by atoms with Crippen molar-refractivity contribution in [3.63, 3.8) is 0 Å². The molecule has 0 bridgehead atoms. The Morgan fingerprint density at radius 2 is 1.47 bits per heavy atom. The molecule has 3 aromatic carbocycles. The number of methoxy groups -OCH3 is 2. The van der Waals surface area contributed by atoms with E-state index in [-0.39, 0.29) is 11.2 Å². The lowest BCUT2D eigenvalue weighted by Crippen LogP contribution is -2.28. The summed E-state index contributed by atoms with van der Waals surface area (Å²) in [6.45, 7) is 0.459. The Morgan fingerprint density at radius 3 is 2.00 bits per heavy atom. The maximum absolute atomic E-state index is 12.9. The van der Waals surface area contributed by atoms with Crippen LogP contribution in [0.3, 0.4) is 0 Å². The average molecular weight is 422 g/mol. The van der Waals surface area contributed by atoms with Crippen LogP contribution in [-0.2, 0) is 11.3 Å². The van der Waals surface area contributed by atoms with Crippen molar-refractivity contribution in [2.24, 2.45) is 0 Å². The van der Waals surface area contributed by atoms with Crippen LogP contribution in [0, 0.1) is 0 Å². The first-order valence-corrected chi connectivity index (χ1v) is 10.8. The van der Waals surface area contributed by atoms with Crippen molar-refractivity contribution >= 4 is 17.7 Å². The molecule has 0 atom stereocenters. The number of hydrogen-bond donors (Lipinski definition) is 0. The molecule has 156 valence electrons. The van der Waals surface area contributed by atoms with Gasteiger partial charge in [-0.05, 0) is 17.2 Å². The van der Waals surface area contributed by atoms with E-state index in [2.05, 4.69) is 24.3 Å². The zero-order valence-electron chi connectivity index (χ0n) is 17.6. The highest BCUT2D eigenvalue weighted by molar-refractivity contribution is 8.00. The molecule has 0 N–H and O–H groups in total. The van der Waals surface area contributed by atoms with Gasteiger partial charge in [-0.1, -0.05) is 72.8 Å². The van der Waals surface area contributed by atoms with E-state index in [1.807, 2.05) is 61.6 Å². The summed E-state index contributed by atoms with van der Waals surface area (Å²) in [5, 5.41) is 0.108. The second-order valence-corrected chi connectivity index (χ2v) is 8.01. The molecule has 0 fully saturated rings. The predicted molar refractivity (Wildman–Crippen MR) is 123 cm³/mol. The third kappa shape index (κ3) is 5.36. The second kappa shape index (κ2) is 10.7. The summed E-state index contributed by atoms with van der Waals surface area (Å²) < 4.78 is 10.9. The van der Waals surface area contributed by atoms with Crippen LogP contribution in [0.1, 0.15) is 21.9 Å². The molecule has 0 aliphatic heterocycles. The summed E-state index contributed by atoms with van der Waals surface area (Å²) in [6.07, 6.45) is 0. The molecule has 5 heteroatoms. The highest BCUT2D eigenvalue weighted by atomic mass is 32.2. The predicted octanol–water partition coefficient (Wildman–Crippen LogP) is 5.19. The Bertz CT molecular complexity index is 908. The van der Waals surface area contributed by atoms with Gasteiger partial charge in [-0.2, -0.15) is 0 Å². The second-order valence-electron chi connectivity index (χ2n) is 6.91. The quantitative estimate of drug-likeness (QED) is 0.477. The Morgan fingerprint density at radius 1 is 0.867 bits per heavy atom.